The second-order valence-corrected chi connectivity index (χ2v) is 4.92. The molecule has 4 heteroatoms. The quantitative estimate of drug-likeness (QED) is 0.926. The molecule has 2 aromatic rings. The number of para-hydroxylation sites is 1. The Bertz CT molecular complexity index is 611. The van der Waals surface area contributed by atoms with Crippen LogP contribution in [0.3, 0.4) is 0 Å². The number of nitrogens with one attached hydrogen (secondary N) is 1. The molecule has 0 radical (unpaired) electrons. The highest BCUT2D eigenvalue weighted by Crippen LogP contribution is 2.29. The molecular weight excluding hydrogens is 253 g/mol. The molecule has 0 fully saturated rings. The molecule has 1 N–H and O–H groups in total. The molecule has 0 saturated carbocycles. The van der Waals surface area contributed by atoms with Gasteiger partial charge in [0, 0.05) is 24.8 Å². The van der Waals surface area contributed by atoms with E-state index in [1.807, 2.05) is 38.1 Å². The summed E-state index contributed by atoms with van der Waals surface area (Å²) in [4.78, 5) is 6.40. The summed E-state index contributed by atoms with van der Waals surface area (Å²) in [6.07, 6.45) is 0. The lowest BCUT2D eigenvalue weighted by atomic mass is 10.1. The van der Waals surface area contributed by atoms with Gasteiger partial charge >= 0.3 is 0 Å². The fraction of sp³-hybridized carbons (Fsp3) is 0.312. The van der Waals surface area contributed by atoms with Gasteiger partial charge in [0.05, 0.1) is 5.69 Å². The Kier molecular flexibility index (Phi) is 4.35. The minimum absolute atomic E-state index is 0.244. The summed E-state index contributed by atoms with van der Waals surface area (Å²) in [7, 11) is 3.74. The van der Waals surface area contributed by atoms with Crippen molar-refractivity contribution >= 4 is 11.5 Å². The lowest BCUT2D eigenvalue weighted by Gasteiger charge is -2.23. The van der Waals surface area contributed by atoms with Gasteiger partial charge < -0.3 is 10.2 Å². The van der Waals surface area contributed by atoms with Crippen LogP contribution in [0.4, 0.5) is 15.9 Å². The lowest BCUT2D eigenvalue weighted by Crippen LogP contribution is -2.19. The number of benzene rings is 1. The number of pyridine rings is 1. The van der Waals surface area contributed by atoms with E-state index in [-0.39, 0.29) is 5.82 Å². The van der Waals surface area contributed by atoms with Gasteiger partial charge in [0.15, 0.2) is 0 Å². The number of aromatic nitrogens is 1. The molecule has 0 unspecified atom stereocenters. The molecule has 1 heterocycles. The predicted octanol–water partition coefficient (Wildman–Crippen LogP) is 3.32. The van der Waals surface area contributed by atoms with E-state index >= 15 is 0 Å². The Labute approximate surface area is 119 Å². The van der Waals surface area contributed by atoms with Gasteiger partial charge in [0.25, 0.3) is 0 Å². The molecule has 1 aromatic carbocycles. The van der Waals surface area contributed by atoms with Gasteiger partial charge in [-0.15, -0.1) is 0 Å². The van der Waals surface area contributed by atoms with E-state index in [4.69, 9.17) is 0 Å². The highest BCUT2D eigenvalue weighted by molar-refractivity contribution is 5.64. The standard InChI is InChI=1S/C16H20FN3/c1-11-9-12(2)19-16(13(11)10-18-3)20(4)15-8-6-5-7-14(15)17/h5-9,18H,10H2,1-4H3. The molecule has 2 rings (SSSR count). The number of anilines is 2. The SMILES string of the molecule is CNCc1c(C)cc(C)nc1N(C)c1ccccc1F. The Balaban J connectivity index is 2.53. The van der Waals surface area contributed by atoms with Crippen LogP contribution in [-0.2, 0) is 6.54 Å². The van der Waals surface area contributed by atoms with E-state index in [0.717, 1.165) is 22.6 Å². The van der Waals surface area contributed by atoms with Gasteiger partial charge in [-0.1, -0.05) is 12.1 Å². The Morgan fingerprint density at radius 2 is 1.95 bits per heavy atom. The van der Waals surface area contributed by atoms with Gasteiger partial charge in [-0.25, -0.2) is 9.37 Å². The number of halogens is 1. The molecule has 1 aromatic heterocycles. The van der Waals surface area contributed by atoms with Crippen LogP contribution in [0, 0.1) is 19.7 Å². The zero-order valence-corrected chi connectivity index (χ0v) is 12.4. The summed E-state index contributed by atoms with van der Waals surface area (Å²) in [6, 6.07) is 8.79. The maximum absolute atomic E-state index is 14.0. The smallest absolute Gasteiger partial charge is 0.146 e. The number of aryl methyl sites for hydroxylation is 2. The van der Waals surface area contributed by atoms with Crippen LogP contribution in [0.2, 0.25) is 0 Å². The lowest BCUT2D eigenvalue weighted by molar-refractivity contribution is 0.627. The van der Waals surface area contributed by atoms with Gasteiger partial charge in [0.1, 0.15) is 11.6 Å². The first kappa shape index (κ1) is 14.5. The van der Waals surface area contributed by atoms with Crippen molar-refractivity contribution in [3.05, 3.63) is 53.0 Å². The van der Waals surface area contributed by atoms with E-state index in [2.05, 4.69) is 17.2 Å². The summed E-state index contributed by atoms with van der Waals surface area (Å²) in [6.45, 7) is 4.71. The number of rotatable bonds is 4. The first-order chi connectivity index (χ1) is 9.54. The fourth-order valence-corrected chi connectivity index (χ4v) is 2.35. The highest BCUT2D eigenvalue weighted by atomic mass is 19.1. The fourth-order valence-electron chi connectivity index (χ4n) is 2.35. The van der Waals surface area contributed by atoms with Gasteiger partial charge in [-0.3, -0.25) is 0 Å². The van der Waals surface area contributed by atoms with Crippen LogP contribution in [0.1, 0.15) is 16.8 Å². The third-order valence-electron chi connectivity index (χ3n) is 3.34. The van der Waals surface area contributed by atoms with Crippen LogP contribution in [0.5, 0.6) is 0 Å². The minimum atomic E-state index is -0.244. The molecule has 0 amide bonds. The van der Waals surface area contributed by atoms with Crippen LogP contribution < -0.4 is 10.2 Å². The Hall–Kier alpha value is -1.94. The molecule has 0 bridgehead atoms. The zero-order chi connectivity index (χ0) is 14.7. The van der Waals surface area contributed by atoms with Crippen LogP contribution in [-0.4, -0.2) is 19.1 Å². The average Bonchev–Trinajstić information content (AvgIpc) is 2.41. The van der Waals surface area contributed by atoms with Crippen molar-refractivity contribution in [1.29, 1.82) is 0 Å². The summed E-state index contributed by atoms with van der Waals surface area (Å²) in [5.41, 5.74) is 3.71. The van der Waals surface area contributed by atoms with Crippen molar-refractivity contribution in [2.24, 2.45) is 0 Å². The maximum atomic E-state index is 14.0. The second-order valence-electron chi connectivity index (χ2n) is 4.92. The van der Waals surface area contributed by atoms with E-state index in [9.17, 15) is 4.39 Å². The van der Waals surface area contributed by atoms with E-state index < -0.39 is 0 Å². The molecule has 20 heavy (non-hydrogen) atoms. The summed E-state index contributed by atoms with van der Waals surface area (Å²) in [5.74, 6) is 0.549. The predicted molar refractivity (Wildman–Crippen MR) is 80.9 cm³/mol. The zero-order valence-electron chi connectivity index (χ0n) is 12.4. The van der Waals surface area contributed by atoms with Crippen molar-refractivity contribution in [3.8, 4) is 0 Å². The van der Waals surface area contributed by atoms with Crippen molar-refractivity contribution in [2.45, 2.75) is 20.4 Å². The van der Waals surface area contributed by atoms with Crippen LogP contribution in [0.15, 0.2) is 30.3 Å². The van der Waals surface area contributed by atoms with Crippen molar-refractivity contribution in [3.63, 3.8) is 0 Å². The second kappa shape index (κ2) is 6.01. The average molecular weight is 273 g/mol. The summed E-state index contributed by atoms with van der Waals surface area (Å²) in [5, 5.41) is 3.15. The van der Waals surface area contributed by atoms with Crippen LogP contribution in [0.25, 0.3) is 0 Å². The molecule has 0 saturated heterocycles. The van der Waals surface area contributed by atoms with Crippen LogP contribution >= 0.6 is 0 Å². The molecule has 0 aliphatic rings. The van der Waals surface area contributed by atoms with E-state index in [0.29, 0.717) is 12.2 Å². The third kappa shape index (κ3) is 2.80. The van der Waals surface area contributed by atoms with Gasteiger partial charge in [-0.05, 0) is 44.7 Å². The number of hydrogen-bond acceptors (Lipinski definition) is 3. The van der Waals surface area contributed by atoms with Crippen molar-refractivity contribution in [2.75, 3.05) is 19.0 Å². The summed E-state index contributed by atoms with van der Waals surface area (Å²) >= 11 is 0. The number of nitrogens with zero attached hydrogens (tertiary/aromatic N) is 2. The largest absolute Gasteiger partial charge is 0.327 e. The van der Waals surface area contributed by atoms with Crippen molar-refractivity contribution < 1.29 is 4.39 Å². The Morgan fingerprint density at radius 3 is 2.60 bits per heavy atom. The minimum Gasteiger partial charge on any atom is -0.327 e. The summed E-state index contributed by atoms with van der Waals surface area (Å²) < 4.78 is 14.0. The van der Waals surface area contributed by atoms with E-state index in [1.54, 1.807) is 12.1 Å². The molecule has 0 atom stereocenters. The first-order valence-electron chi connectivity index (χ1n) is 6.64. The molecule has 3 nitrogen and oxygen atoms in total. The Morgan fingerprint density at radius 1 is 1.25 bits per heavy atom. The molecule has 0 spiro atoms. The topological polar surface area (TPSA) is 28.2 Å². The maximum Gasteiger partial charge on any atom is 0.146 e. The van der Waals surface area contributed by atoms with E-state index in [1.165, 1.54) is 6.07 Å². The third-order valence-corrected chi connectivity index (χ3v) is 3.34. The molecule has 0 aliphatic carbocycles. The van der Waals surface area contributed by atoms with Crippen molar-refractivity contribution in [1.82, 2.24) is 10.3 Å². The van der Waals surface area contributed by atoms with Gasteiger partial charge in [-0.2, -0.15) is 0 Å². The highest BCUT2D eigenvalue weighted by Gasteiger charge is 2.16. The number of hydrogen-bond donors (Lipinski definition) is 1. The first-order valence-corrected chi connectivity index (χ1v) is 6.64. The molecular formula is C16H20FN3. The van der Waals surface area contributed by atoms with Gasteiger partial charge in [0.2, 0.25) is 0 Å². The monoisotopic (exact) mass is 273 g/mol. The normalized spacial score (nSPS) is 10.7. The molecule has 0 aliphatic heterocycles. The molecule has 106 valence electrons.